The Kier molecular flexibility index (Phi) is 6.73. The average Bonchev–Trinajstić information content (AvgIpc) is 3.48. The number of amides is 2. The number of hydrogen-bond donors (Lipinski definition) is 1. The van der Waals surface area contributed by atoms with Crippen molar-refractivity contribution in [3.05, 3.63) is 23.8 Å². The fourth-order valence-corrected chi connectivity index (χ4v) is 5.96. The van der Waals surface area contributed by atoms with Crippen LogP contribution in [0.25, 0.3) is 0 Å². The highest BCUT2D eigenvalue weighted by Crippen LogP contribution is 2.50. The lowest BCUT2D eigenvalue weighted by Crippen LogP contribution is -2.37. The van der Waals surface area contributed by atoms with Crippen LogP contribution in [-0.2, 0) is 4.79 Å². The van der Waals surface area contributed by atoms with Gasteiger partial charge in [-0.2, -0.15) is 0 Å². The van der Waals surface area contributed by atoms with Crippen LogP contribution in [0.4, 0.5) is 0 Å². The molecule has 1 N–H and O–H groups in total. The van der Waals surface area contributed by atoms with E-state index in [0.29, 0.717) is 23.1 Å². The number of nitrogens with zero attached hydrogens (tertiary/aromatic N) is 1. The van der Waals surface area contributed by atoms with E-state index in [1.165, 1.54) is 25.7 Å². The largest absolute Gasteiger partial charge is 0.493 e. The minimum atomic E-state index is -0.183. The Labute approximate surface area is 185 Å². The maximum Gasteiger partial charge on any atom is 0.258 e. The maximum absolute atomic E-state index is 13.3. The molecule has 3 aliphatic rings. The number of rotatable bonds is 8. The number of fused-ring (bicyclic) bond motifs is 2. The van der Waals surface area contributed by atoms with E-state index in [9.17, 15) is 9.59 Å². The van der Waals surface area contributed by atoms with Crippen LogP contribution in [0, 0.1) is 17.8 Å². The van der Waals surface area contributed by atoms with Crippen molar-refractivity contribution in [1.29, 1.82) is 0 Å². The van der Waals surface area contributed by atoms with Crippen molar-refractivity contribution in [1.82, 2.24) is 10.2 Å². The topological polar surface area (TPSA) is 67.9 Å². The van der Waals surface area contributed by atoms with E-state index in [0.717, 1.165) is 43.6 Å². The fourth-order valence-electron chi connectivity index (χ4n) is 5.96. The van der Waals surface area contributed by atoms with Gasteiger partial charge in [-0.15, -0.1) is 0 Å². The summed E-state index contributed by atoms with van der Waals surface area (Å²) in [6, 6.07) is 5.68. The molecule has 0 spiro atoms. The van der Waals surface area contributed by atoms with Crippen LogP contribution in [0.2, 0.25) is 0 Å². The van der Waals surface area contributed by atoms with Gasteiger partial charge in [0.1, 0.15) is 0 Å². The van der Waals surface area contributed by atoms with Crippen LogP contribution in [0.15, 0.2) is 18.2 Å². The summed E-state index contributed by atoms with van der Waals surface area (Å²) in [5.74, 6) is 3.49. The Bertz CT molecular complexity index is 809. The number of carbonyl (C=O) groups excluding carboxylic acids is 2. The quantitative estimate of drug-likeness (QED) is 0.679. The molecule has 31 heavy (non-hydrogen) atoms. The van der Waals surface area contributed by atoms with Crippen LogP contribution in [0.3, 0.4) is 0 Å². The van der Waals surface area contributed by atoms with Gasteiger partial charge in [-0.25, -0.2) is 0 Å². The third-order valence-corrected chi connectivity index (χ3v) is 7.32. The first-order valence-electron chi connectivity index (χ1n) is 11.9. The number of hydrogen-bond acceptors (Lipinski definition) is 4. The molecule has 4 rings (SSSR count). The zero-order valence-corrected chi connectivity index (χ0v) is 19.1. The van der Waals surface area contributed by atoms with Crippen molar-refractivity contribution < 1.29 is 19.1 Å². The molecule has 6 heteroatoms. The van der Waals surface area contributed by atoms with E-state index in [1.54, 1.807) is 25.3 Å². The molecule has 3 fully saturated rings. The second-order valence-corrected chi connectivity index (χ2v) is 9.84. The van der Waals surface area contributed by atoms with E-state index in [2.05, 4.69) is 10.2 Å². The van der Waals surface area contributed by atoms with Gasteiger partial charge in [0.2, 0.25) is 0 Å². The summed E-state index contributed by atoms with van der Waals surface area (Å²) in [6.07, 6.45) is 8.96. The van der Waals surface area contributed by atoms with Gasteiger partial charge in [0.25, 0.3) is 11.8 Å². The average molecular weight is 429 g/mol. The van der Waals surface area contributed by atoms with Crippen molar-refractivity contribution >= 4 is 11.8 Å². The van der Waals surface area contributed by atoms with Crippen molar-refractivity contribution in [2.75, 3.05) is 20.3 Å². The number of nitrogens with one attached hydrogen (secondary N) is 1. The van der Waals surface area contributed by atoms with Gasteiger partial charge in [-0.3, -0.25) is 9.59 Å². The predicted octanol–water partition coefficient (Wildman–Crippen LogP) is 4.03. The summed E-state index contributed by atoms with van der Waals surface area (Å²) in [5.41, 5.74) is 0.621. The van der Waals surface area contributed by atoms with Gasteiger partial charge in [-0.1, -0.05) is 6.42 Å². The van der Waals surface area contributed by atoms with Crippen LogP contribution < -0.4 is 14.8 Å². The summed E-state index contributed by atoms with van der Waals surface area (Å²) < 4.78 is 11.1. The molecule has 4 unspecified atom stereocenters. The summed E-state index contributed by atoms with van der Waals surface area (Å²) in [7, 11) is 1.55. The molecule has 1 aromatic carbocycles. The van der Waals surface area contributed by atoms with Crippen LogP contribution >= 0.6 is 0 Å². The Hall–Kier alpha value is -2.24. The second kappa shape index (κ2) is 9.49. The SMILES string of the molecule is COc1cc(C(=O)N2CCCC2CC2CC3CCC2C3)ccc1OCC(=O)NC(C)C. The Morgan fingerprint density at radius 1 is 1.16 bits per heavy atom. The van der Waals surface area contributed by atoms with Crippen molar-refractivity contribution in [3.63, 3.8) is 0 Å². The minimum Gasteiger partial charge on any atom is -0.493 e. The van der Waals surface area contributed by atoms with E-state index in [4.69, 9.17) is 9.47 Å². The second-order valence-electron chi connectivity index (χ2n) is 9.84. The predicted molar refractivity (Wildman–Crippen MR) is 119 cm³/mol. The monoisotopic (exact) mass is 428 g/mol. The molecule has 1 aliphatic heterocycles. The van der Waals surface area contributed by atoms with E-state index in [-0.39, 0.29) is 24.5 Å². The molecule has 2 aliphatic carbocycles. The van der Waals surface area contributed by atoms with Gasteiger partial charge in [0.15, 0.2) is 18.1 Å². The molecule has 4 atom stereocenters. The Morgan fingerprint density at radius 2 is 2.00 bits per heavy atom. The molecule has 0 radical (unpaired) electrons. The normalized spacial score (nSPS) is 27.0. The molecule has 2 saturated carbocycles. The first-order chi connectivity index (χ1) is 14.9. The first kappa shape index (κ1) is 22.0. The third kappa shape index (κ3) is 4.99. The third-order valence-electron chi connectivity index (χ3n) is 7.32. The van der Waals surface area contributed by atoms with E-state index < -0.39 is 0 Å². The van der Waals surface area contributed by atoms with Crippen molar-refractivity contribution in [2.45, 2.75) is 70.9 Å². The number of methoxy groups -OCH3 is 1. The Balaban J connectivity index is 1.39. The molecule has 6 nitrogen and oxygen atoms in total. The van der Waals surface area contributed by atoms with Gasteiger partial charge < -0.3 is 19.7 Å². The van der Waals surface area contributed by atoms with Gasteiger partial charge in [-0.05, 0) is 88.3 Å². The van der Waals surface area contributed by atoms with Crippen LogP contribution in [0.1, 0.15) is 69.2 Å². The maximum atomic E-state index is 13.3. The number of ether oxygens (including phenoxy) is 2. The molecule has 1 aromatic rings. The zero-order chi connectivity index (χ0) is 22.0. The lowest BCUT2D eigenvalue weighted by molar-refractivity contribution is -0.123. The number of likely N-dealkylation sites (tertiary alicyclic amines) is 1. The smallest absolute Gasteiger partial charge is 0.258 e. The van der Waals surface area contributed by atoms with Gasteiger partial charge >= 0.3 is 0 Å². The highest BCUT2D eigenvalue weighted by molar-refractivity contribution is 5.95. The summed E-state index contributed by atoms with van der Waals surface area (Å²) in [4.78, 5) is 27.3. The molecular weight excluding hydrogens is 392 g/mol. The zero-order valence-electron chi connectivity index (χ0n) is 19.1. The molecule has 170 valence electrons. The summed E-state index contributed by atoms with van der Waals surface area (Å²) >= 11 is 0. The molecule has 2 amide bonds. The number of benzene rings is 1. The molecule has 1 saturated heterocycles. The lowest BCUT2D eigenvalue weighted by atomic mass is 9.83. The first-order valence-corrected chi connectivity index (χ1v) is 11.9. The highest BCUT2D eigenvalue weighted by atomic mass is 16.5. The molecule has 0 aromatic heterocycles. The lowest BCUT2D eigenvalue weighted by Gasteiger charge is -2.30. The summed E-state index contributed by atoms with van der Waals surface area (Å²) in [6.45, 7) is 4.56. The molecular formula is C25H36N2O4. The minimum absolute atomic E-state index is 0.0609. The molecule has 2 bridgehead atoms. The van der Waals surface area contributed by atoms with Crippen molar-refractivity contribution in [3.8, 4) is 11.5 Å². The van der Waals surface area contributed by atoms with Crippen LogP contribution in [-0.4, -0.2) is 49.1 Å². The molecule has 1 heterocycles. The van der Waals surface area contributed by atoms with Crippen molar-refractivity contribution in [2.24, 2.45) is 17.8 Å². The fraction of sp³-hybridized carbons (Fsp3) is 0.680. The van der Waals surface area contributed by atoms with E-state index >= 15 is 0 Å². The number of carbonyl (C=O) groups is 2. The van der Waals surface area contributed by atoms with Gasteiger partial charge in [0.05, 0.1) is 7.11 Å². The standard InChI is InChI=1S/C25H36N2O4/c1-16(2)26-24(28)15-31-22-9-8-19(14-23(22)30-3)25(29)27-10-4-5-21(27)13-20-12-17-6-7-18(20)11-17/h8-9,14,16-18,20-21H,4-7,10-13,15H2,1-3H3,(H,26,28). The highest BCUT2D eigenvalue weighted by Gasteiger charge is 2.42. The van der Waals surface area contributed by atoms with E-state index in [1.807, 2.05) is 13.8 Å². The summed E-state index contributed by atoms with van der Waals surface area (Å²) in [5, 5.41) is 2.80. The van der Waals surface area contributed by atoms with Crippen LogP contribution in [0.5, 0.6) is 11.5 Å². The van der Waals surface area contributed by atoms with Gasteiger partial charge in [0, 0.05) is 24.2 Å². The Morgan fingerprint density at radius 3 is 2.68 bits per heavy atom.